The normalized spacial score (nSPS) is 12.3. The molecule has 0 aliphatic rings. The van der Waals surface area contributed by atoms with E-state index in [2.05, 4.69) is 34.4 Å². The number of hydrogen-bond donors (Lipinski definition) is 2. The zero-order valence-corrected chi connectivity index (χ0v) is 17.0. The molecule has 27 heavy (non-hydrogen) atoms. The Bertz CT molecular complexity index is 816. The van der Waals surface area contributed by atoms with Gasteiger partial charge in [0.2, 0.25) is 0 Å². The van der Waals surface area contributed by atoms with Crippen LogP contribution in [0, 0.1) is 6.92 Å². The van der Waals surface area contributed by atoms with Crippen LogP contribution >= 0.6 is 0 Å². The van der Waals surface area contributed by atoms with Crippen molar-refractivity contribution in [2.45, 2.75) is 40.5 Å². The van der Waals surface area contributed by atoms with Crippen molar-refractivity contribution in [3.63, 3.8) is 0 Å². The quantitative estimate of drug-likeness (QED) is 0.610. The largest absolute Gasteiger partial charge is 0.359 e. The molecule has 0 radical (unpaired) electrons. The van der Waals surface area contributed by atoms with Crippen LogP contribution in [0.25, 0.3) is 5.57 Å². The number of aryl methyl sites for hydroxylation is 1. The SMILES string of the molecule is CC=C(/C=C\C=C/C)c1nc(Nc2cc(C)[nH]n2)cc(N(C)CCCC)n1. The summed E-state index contributed by atoms with van der Waals surface area (Å²) in [5, 5.41) is 10.5. The predicted octanol–water partition coefficient (Wildman–Crippen LogP) is 5.02. The number of hydrogen-bond acceptors (Lipinski definition) is 5. The molecular formula is C21H30N6. The average Bonchev–Trinajstić information content (AvgIpc) is 3.07. The summed E-state index contributed by atoms with van der Waals surface area (Å²) in [7, 11) is 2.06. The van der Waals surface area contributed by atoms with E-state index >= 15 is 0 Å². The van der Waals surface area contributed by atoms with Gasteiger partial charge < -0.3 is 10.2 Å². The van der Waals surface area contributed by atoms with Crippen LogP contribution in [0.3, 0.4) is 0 Å². The van der Waals surface area contributed by atoms with Crippen molar-refractivity contribution in [1.82, 2.24) is 20.2 Å². The molecule has 2 heterocycles. The van der Waals surface area contributed by atoms with Gasteiger partial charge in [0.15, 0.2) is 11.6 Å². The highest BCUT2D eigenvalue weighted by molar-refractivity contribution is 5.72. The van der Waals surface area contributed by atoms with Crippen molar-refractivity contribution in [3.05, 3.63) is 54.0 Å². The standard InChI is InChI=1S/C21H30N6/c1-6-9-11-12-17(8-3)21-23-18(22-19-14-16(4)25-26-19)15-20(24-21)27(5)13-10-7-2/h6,8-9,11-12,14-15H,7,10,13H2,1-5H3,(H2,22,23,24,25,26)/b9-6-,12-11-,17-8?. The lowest BCUT2D eigenvalue weighted by Crippen LogP contribution is -2.20. The molecule has 0 atom stereocenters. The number of aromatic nitrogens is 4. The third kappa shape index (κ3) is 6.09. The van der Waals surface area contributed by atoms with E-state index in [1.165, 1.54) is 0 Å². The lowest BCUT2D eigenvalue weighted by molar-refractivity contribution is 0.758. The molecule has 0 aromatic carbocycles. The van der Waals surface area contributed by atoms with Gasteiger partial charge in [0, 0.05) is 37.0 Å². The van der Waals surface area contributed by atoms with Gasteiger partial charge in [-0.3, -0.25) is 5.10 Å². The molecule has 0 unspecified atom stereocenters. The number of nitrogens with zero attached hydrogens (tertiary/aromatic N) is 4. The Hall–Kier alpha value is -2.89. The van der Waals surface area contributed by atoms with E-state index in [9.17, 15) is 0 Å². The molecule has 2 aromatic heterocycles. The predicted molar refractivity (Wildman–Crippen MR) is 114 cm³/mol. The van der Waals surface area contributed by atoms with Crippen LogP contribution in [-0.2, 0) is 0 Å². The number of rotatable bonds is 9. The first-order valence-electron chi connectivity index (χ1n) is 9.42. The van der Waals surface area contributed by atoms with Crippen LogP contribution in [0.2, 0.25) is 0 Å². The molecule has 0 aliphatic heterocycles. The summed E-state index contributed by atoms with van der Waals surface area (Å²) < 4.78 is 0. The molecule has 6 nitrogen and oxygen atoms in total. The van der Waals surface area contributed by atoms with E-state index in [-0.39, 0.29) is 0 Å². The van der Waals surface area contributed by atoms with Gasteiger partial charge in [0.1, 0.15) is 11.6 Å². The summed E-state index contributed by atoms with van der Waals surface area (Å²) in [6.07, 6.45) is 12.3. The smallest absolute Gasteiger partial charge is 0.163 e. The maximum absolute atomic E-state index is 4.79. The van der Waals surface area contributed by atoms with Gasteiger partial charge in [-0.25, -0.2) is 9.97 Å². The number of allylic oxidation sites excluding steroid dienone is 6. The van der Waals surface area contributed by atoms with E-state index in [0.29, 0.717) is 5.82 Å². The molecule has 144 valence electrons. The van der Waals surface area contributed by atoms with Crippen molar-refractivity contribution in [3.8, 4) is 0 Å². The topological polar surface area (TPSA) is 69.7 Å². The fraction of sp³-hybridized carbons (Fsp3) is 0.381. The monoisotopic (exact) mass is 366 g/mol. The fourth-order valence-corrected chi connectivity index (χ4v) is 2.52. The Kier molecular flexibility index (Phi) is 7.79. The Labute approximate surface area is 162 Å². The van der Waals surface area contributed by atoms with Crippen LogP contribution in [0.5, 0.6) is 0 Å². The summed E-state index contributed by atoms with van der Waals surface area (Å²) in [5.74, 6) is 3.05. The zero-order valence-electron chi connectivity index (χ0n) is 17.0. The number of nitrogens with one attached hydrogen (secondary N) is 2. The first-order chi connectivity index (χ1) is 13.1. The molecule has 2 N–H and O–H groups in total. The molecule has 2 aromatic rings. The minimum Gasteiger partial charge on any atom is -0.359 e. The Balaban J connectivity index is 2.39. The molecule has 0 fully saturated rings. The van der Waals surface area contributed by atoms with Gasteiger partial charge in [0.05, 0.1) is 0 Å². The van der Waals surface area contributed by atoms with Crippen LogP contribution < -0.4 is 10.2 Å². The van der Waals surface area contributed by atoms with Crippen molar-refractivity contribution in [2.75, 3.05) is 23.8 Å². The van der Waals surface area contributed by atoms with Crippen molar-refractivity contribution in [2.24, 2.45) is 0 Å². The lowest BCUT2D eigenvalue weighted by Gasteiger charge is -2.19. The average molecular weight is 367 g/mol. The first-order valence-corrected chi connectivity index (χ1v) is 9.42. The second-order valence-electron chi connectivity index (χ2n) is 6.40. The van der Waals surface area contributed by atoms with E-state index < -0.39 is 0 Å². The Morgan fingerprint density at radius 1 is 1.19 bits per heavy atom. The maximum Gasteiger partial charge on any atom is 0.163 e. The Morgan fingerprint density at radius 3 is 2.63 bits per heavy atom. The molecule has 0 bridgehead atoms. The highest BCUT2D eigenvalue weighted by atomic mass is 15.2. The van der Waals surface area contributed by atoms with Crippen LogP contribution in [0.4, 0.5) is 17.5 Å². The summed E-state index contributed by atoms with van der Waals surface area (Å²) in [6.45, 7) is 9.10. The Morgan fingerprint density at radius 2 is 2.00 bits per heavy atom. The van der Waals surface area contributed by atoms with Crippen molar-refractivity contribution < 1.29 is 0 Å². The number of aromatic amines is 1. The van der Waals surface area contributed by atoms with Gasteiger partial charge in [-0.15, -0.1) is 0 Å². The van der Waals surface area contributed by atoms with Gasteiger partial charge in [-0.1, -0.05) is 43.7 Å². The second-order valence-corrected chi connectivity index (χ2v) is 6.40. The minimum atomic E-state index is 0.689. The fourth-order valence-electron chi connectivity index (χ4n) is 2.52. The maximum atomic E-state index is 4.79. The summed E-state index contributed by atoms with van der Waals surface area (Å²) in [4.78, 5) is 11.7. The molecule has 0 amide bonds. The molecule has 2 rings (SSSR count). The van der Waals surface area contributed by atoms with Crippen molar-refractivity contribution >= 4 is 23.0 Å². The third-order valence-electron chi connectivity index (χ3n) is 4.06. The molecule has 6 heteroatoms. The molecule has 0 aliphatic carbocycles. The third-order valence-corrected chi connectivity index (χ3v) is 4.06. The summed E-state index contributed by atoms with van der Waals surface area (Å²) >= 11 is 0. The summed E-state index contributed by atoms with van der Waals surface area (Å²) in [6, 6.07) is 3.91. The van der Waals surface area contributed by atoms with E-state index in [1.807, 2.05) is 63.3 Å². The molecule has 0 saturated heterocycles. The van der Waals surface area contributed by atoms with Crippen LogP contribution in [0.15, 0.2) is 42.5 Å². The molecule has 0 saturated carbocycles. The van der Waals surface area contributed by atoms with Gasteiger partial charge in [0.25, 0.3) is 0 Å². The number of anilines is 3. The first kappa shape index (κ1) is 20.4. The lowest BCUT2D eigenvalue weighted by atomic mass is 10.2. The zero-order chi connectivity index (χ0) is 19.6. The van der Waals surface area contributed by atoms with Crippen LogP contribution in [-0.4, -0.2) is 33.8 Å². The second kappa shape index (κ2) is 10.3. The highest BCUT2D eigenvalue weighted by Gasteiger charge is 2.11. The minimum absolute atomic E-state index is 0.689. The van der Waals surface area contributed by atoms with E-state index in [1.54, 1.807) is 0 Å². The van der Waals surface area contributed by atoms with Gasteiger partial charge >= 0.3 is 0 Å². The number of H-pyrrole nitrogens is 1. The van der Waals surface area contributed by atoms with Crippen LogP contribution in [0.1, 0.15) is 45.1 Å². The summed E-state index contributed by atoms with van der Waals surface area (Å²) in [5.41, 5.74) is 1.97. The molecule has 0 spiro atoms. The van der Waals surface area contributed by atoms with Crippen molar-refractivity contribution in [1.29, 1.82) is 0 Å². The molecular weight excluding hydrogens is 336 g/mol. The number of unbranched alkanes of at least 4 members (excludes halogenated alkanes) is 1. The highest BCUT2D eigenvalue weighted by Crippen LogP contribution is 2.22. The van der Waals surface area contributed by atoms with E-state index in [4.69, 9.17) is 9.97 Å². The van der Waals surface area contributed by atoms with Gasteiger partial charge in [-0.05, 0) is 27.2 Å². The van der Waals surface area contributed by atoms with Gasteiger partial charge in [-0.2, -0.15) is 5.10 Å². The van der Waals surface area contributed by atoms with E-state index in [0.717, 1.165) is 48.1 Å².